The summed E-state index contributed by atoms with van der Waals surface area (Å²) in [5.74, 6) is 0.614. The first-order valence-corrected chi connectivity index (χ1v) is 4.29. The molecular weight excluding hydrogens is 166 g/mol. The molecule has 0 aliphatic rings. The molecule has 0 aliphatic heterocycles. The Morgan fingerprint density at radius 2 is 2.38 bits per heavy atom. The number of unbranched alkanes of at least 4 members (excludes halogenated alkanes) is 1. The zero-order chi connectivity index (χ0) is 9.94. The van der Waals surface area contributed by atoms with Gasteiger partial charge in [0.25, 0.3) is 0 Å². The van der Waals surface area contributed by atoms with E-state index in [0.717, 1.165) is 19.0 Å². The van der Waals surface area contributed by atoms with Gasteiger partial charge >= 0.3 is 0 Å². The van der Waals surface area contributed by atoms with Gasteiger partial charge in [-0.3, -0.25) is 0 Å². The number of rotatable bonds is 7. The molecule has 72 valence electrons. The van der Waals surface area contributed by atoms with E-state index in [2.05, 4.69) is 18.7 Å². The average Bonchev–Trinajstić information content (AvgIpc) is 2.14. The standard InChI is InChI=1S/C10H15NO2/c1-3-5-9-13-10(6-4-2)7-8-11-12/h4,6-8H,2-3,5,9H2,1H3/b8-7-,10-6+. The van der Waals surface area contributed by atoms with Crippen molar-refractivity contribution in [2.45, 2.75) is 19.8 Å². The Morgan fingerprint density at radius 1 is 1.62 bits per heavy atom. The van der Waals surface area contributed by atoms with Gasteiger partial charge in [-0.1, -0.05) is 26.0 Å². The smallest absolute Gasteiger partial charge is 0.120 e. The molecule has 0 aliphatic carbocycles. The van der Waals surface area contributed by atoms with Gasteiger partial charge in [0.15, 0.2) is 0 Å². The van der Waals surface area contributed by atoms with Gasteiger partial charge in [0.2, 0.25) is 0 Å². The fourth-order valence-electron chi connectivity index (χ4n) is 0.706. The molecule has 0 aromatic rings. The van der Waals surface area contributed by atoms with E-state index in [1.807, 2.05) is 0 Å². The van der Waals surface area contributed by atoms with Crippen molar-refractivity contribution in [1.29, 1.82) is 0 Å². The molecule has 0 bridgehead atoms. The van der Waals surface area contributed by atoms with Crippen molar-refractivity contribution in [3.05, 3.63) is 41.7 Å². The summed E-state index contributed by atoms with van der Waals surface area (Å²) in [6.45, 7) is 6.28. The van der Waals surface area contributed by atoms with Gasteiger partial charge < -0.3 is 4.74 Å². The number of hydrogen-bond acceptors (Lipinski definition) is 3. The van der Waals surface area contributed by atoms with Crippen molar-refractivity contribution < 1.29 is 4.74 Å². The summed E-state index contributed by atoms with van der Waals surface area (Å²) >= 11 is 0. The second-order valence-corrected chi connectivity index (χ2v) is 2.43. The Balaban J connectivity index is 3.95. The van der Waals surface area contributed by atoms with Crippen LogP contribution < -0.4 is 0 Å². The van der Waals surface area contributed by atoms with Crippen LogP contribution in [0, 0.1) is 4.91 Å². The highest BCUT2D eigenvalue weighted by molar-refractivity contribution is 5.16. The van der Waals surface area contributed by atoms with Crippen LogP contribution in [0.15, 0.2) is 41.9 Å². The Kier molecular flexibility index (Phi) is 7.79. The van der Waals surface area contributed by atoms with E-state index in [1.54, 1.807) is 12.2 Å². The molecular formula is C10H15NO2. The summed E-state index contributed by atoms with van der Waals surface area (Å²) in [6.07, 6.45) is 8.05. The third kappa shape index (κ3) is 7.00. The molecule has 0 spiro atoms. The van der Waals surface area contributed by atoms with Crippen molar-refractivity contribution >= 4 is 0 Å². The quantitative estimate of drug-likeness (QED) is 0.262. The van der Waals surface area contributed by atoms with Gasteiger partial charge in [-0.2, -0.15) is 0 Å². The molecule has 0 saturated heterocycles. The Labute approximate surface area is 78.8 Å². The minimum atomic E-state index is 0.614. The van der Waals surface area contributed by atoms with E-state index < -0.39 is 0 Å². The van der Waals surface area contributed by atoms with E-state index >= 15 is 0 Å². The van der Waals surface area contributed by atoms with E-state index in [4.69, 9.17) is 4.74 Å². The maximum absolute atomic E-state index is 9.80. The highest BCUT2D eigenvalue weighted by Crippen LogP contribution is 2.02. The maximum Gasteiger partial charge on any atom is 0.120 e. The summed E-state index contributed by atoms with van der Waals surface area (Å²) in [4.78, 5) is 9.80. The lowest BCUT2D eigenvalue weighted by Gasteiger charge is -2.04. The largest absolute Gasteiger partial charge is 0.494 e. The fraction of sp³-hybridized carbons (Fsp3) is 0.400. The van der Waals surface area contributed by atoms with E-state index in [-0.39, 0.29) is 0 Å². The van der Waals surface area contributed by atoms with Crippen molar-refractivity contribution in [2.24, 2.45) is 5.18 Å². The monoisotopic (exact) mass is 181 g/mol. The predicted molar refractivity (Wildman–Crippen MR) is 54.1 cm³/mol. The Bertz CT molecular complexity index is 207. The second kappa shape index (κ2) is 8.71. The SMILES string of the molecule is C=C/C=C(\C=C/N=O)OCCCC. The van der Waals surface area contributed by atoms with Crippen LogP contribution in [-0.4, -0.2) is 6.61 Å². The van der Waals surface area contributed by atoms with E-state index in [1.165, 1.54) is 6.08 Å². The summed E-state index contributed by atoms with van der Waals surface area (Å²) in [5.41, 5.74) is 0. The van der Waals surface area contributed by atoms with Crippen LogP contribution in [0.25, 0.3) is 0 Å². The summed E-state index contributed by atoms with van der Waals surface area (Å²) < 4.78 is 5.33. The van der Waals surface area contributed by atoms with Gasteiger partial charge in [-0.25, -0.2) is 0 Å². The third-order valence-corrected chi connectivity index (χ3v) is 1.35. The third-order valence-electron chi connectivity index (χ3n) is 1.35. The van der Waals surface area contributed by atoms with Gasteiger partial charge in [-0.15, -0.1) is 4.91 Å². The Morgan fingerprint density at radius 3 is 2.92 bits per heavy atom. The van der Waals surface area contributed by atoms with Crippen LogP contribution in [0.5, 0.6) is 0 Å². The zero-order valence-corrected chi connectivity index (χ0v) is 7.90. The van der Waals surface area contributed by atoms with Crippen molar-refractivity contribution in [3.63, 3.8) is 0 Å². The second-order valence-electron chi connectivity index (χ2n) is 2.43. The summed E-state index contributed by atoms with van der Waals surface area (Å²) in [5, 5.41) is 2.60. The molecule has 0 aromatic heterocycles. The van der Waals surface area contributed by atoms with Gasteiger partial charge in [0.05, 0.1) is 12.8 Å². The highest BCUT2D eigenvalue weighted by atomic mass is 16.5. The number of allylic oxidation sites excluding steroid dienone is 3. The first-order chi connectivity index (χ1) is 6.35. The number of nitroso groups, excluding NO2 is 1. The molecule has 0 fully saturated rings. The molecule has 13 heavy (non-hydrogen) atoms. The molecule has 0 atom stereocenters. The minimum Gasteiger partial charge on any atom is -0.494 e. The first-order valence-electron chi connectivity index (χ1n) is 4.29. The van der Waals surface area contributed by atoms with Crippen LogP contribution in [0.1, 0.15) is 19.8 Å². The predicted octanol–water partition coefficient (Wildman–Crippen LogP) is 3.15. The molecule has 0 saturated carbocycles. The average molecular weight is 181 g/mol. The van der Waals surface area contributed by atoms with Crippen LogP contribution in [-0.2, 0) is 4.74 Å². The lowest BCUT2D eigenvalue weighted by molar-refractivity contribution is 0.219. The van der Waals surface area contributed by atoms with Crippen LogP contribution in [0.3, 0.4) is 0 Å². The van der Waals surface area contributed by atoms with Gasteiger partial charge in [0, 0.05) is 6.08 Å². The molecule has 0 aromatic carbocycles. The normalized spacial score (nSPS) is 11.6. The fourth-order valence-corrected chi connectivity index (χ4v) is 0.706. The molecule has 0 N–H and O–H groups in total. The topological polar surface area (TPSA) is 38.7 Å². The first kappa shape index (κ1) is 11.6. The van der Waals surface area contributed by atoms with Crippen LogP contribution >= 0.6 is 0 Å². The zero-order valence-electron chi connectivity index (χ0n) is 7.90. The highest BCUT2D eigenvalue weighted by Gasteiger charge is 1.90. The molecule has 3 nitrogen and oxygen atoms in total. The summed E-state index contributed by atoms with van der Waals surface area (Å²) in [6, 6.07) is 0. The van der Waals surface area contributed by atoms with Crippen LogP contribution in [0.2, 0.25) is 0 Å². The number of hydrogen-bond donors (Lipinski definition) is 0. The van der Waals surface area contributed by atoms with Crippen molar-refractivity contribution in [3.8, 4) is 0 Å². The lowest BCUT2D eigenvalue weighted by atomic mass is 10.3. The van der Waals surface area contributed by atoms with E-state index in [9.17, 15) is 4.91 Å². The summed E-state index contributed by atoms with van der Waals surface area (Å²) in [7, 11) is 0. The number of ether oxygens (including phenoxy) is 1. The minimum absolute atomic E-state index is 0.614. The molecule has 0 radical (unpaired) electrons. The number of nitrogens with zero attached hydrogens (tertiary/aromatic N) is 1. The van der Waals surface area contributed by atoms with Crippen molar-refractivity contribution in [2.75, 3.05) is 6.61 Å². The Hall–Kier alpha value is -1.38. The molecule has 3 heteroatoms. The van der Waals surface area contributed by atoms with Crippen molar-refractivity contribution in [1.82, 2.24) is 0 Å². The molecule has 0 amide bonds. The van der Waals surface area contributed by atoms with Gasteiger partial charge in [0.1, 0.15) is 5.76 Å². The maximum atomic E-state index is 9.80. The molecule has 0 rings (SSSR count). The van der Waals surface area contributed by atoms with Crippen LogP contribution in [0.4, 0.5) is 0 Å². The van der Waals surface area contributed by atoms with Gasteiger partial charge in [-0.05, 0) is 17.7 Å². The molecule has 0 unspecified atom stereocenters. The molecule has 0 heterocycles. The van der Waals surface area contributed by atoms with E-state index in [0.29, 0.717) is 12.4 Å². The lowest BCUT2D eigenvalue weighted by Crippen LogP contribution is -1.91.